The molecule has 4 heteroatoms. The fourth-order valence-electron chi connectivity index (χ4n) is 7.65. The molecule has 0 radical (unpaired) electrons. The van der Waals surface area contributed by atoms with E-state index in [2.05, 4.69) is 19.9 Å². The molecule has 4 rings (SSSR count). The largest absolute Gasteiger partial charge is 0.466 e. The maximum absolute atomic E-state index is 12.9. The summed E-state index contributed by atoms with van der Waals surface area (Å²) in [5, 5.41) is 10.1. The lowest BCUT2D eigenvalue weighted by atomic mass is 9.47. The summed E-state index contributed by atoms with van der Waals surface area (Å²) in [5.41, 5.74) is 1.75. The van der Waals surface area contributed by atoms with E-state index in [1.165, 1.54) is 12.0 Å². The molecule has 0 heterocycles. The van der Waals surface area contributed by atoms with Gasteiger partial charge in [-0.3, -0.25) is 9.59 Å². The summed E-state index contributed by atoms with van der Waals surface area (Å²) in [5.74, 6) is 1.63. The van der Waals surface area contributed by atoms with Crippen molar-refractivity contribution in [2.45, 2.75) is 84.7 Å². The van der Waals surface area contributed by atoms with Gasteiger partial charge in [0.2, 0.25) is 0 Å². The van der Waals surface area contributed by atoms with Gasteiger partial charge in [0.25, 0.3) is 0 Å². The predicted octanol–water partition coefficient (Wildman–Crippen LogP) is 4.45. The fourth-order valence-corrected chi connectivity index (χ4v) is 7.65. The summed E-state index contributed by atoms with van der Waals surface area (Å²) < 4.78 is 5.02. The van der Waals surface area contributed by atoms with E-state index in [-0.39, 0.29) is 41.0 Å². The maximum atomic E-state index is 12.9. The molecule has 0 aromatic heterocycles. The van der Waals surface area contributed by atoms with Gasteiger partial charge >= 0.3 is 5.97 Å². The second-order valence-corrected chi connectivity index (χ2v) is 10.3. The van der Waals surface area contributed by atoms with Crippen LogP contribution in [-0.2, 0) is 14.3 Å². The third-order valence-electron chi connectivity index (χ3n) is 9.09. The van der Waals surface area contributed by atoms with Crippen LogP contribution in [0, 0.1) is 34.5 Å². The molecule has 28 heavy (non-hydrogen) atoms. The molecule has 0 unspecified atom stereocenters. The van der Waals surface area contributed by atoms with Gasteiger partial charge in [-0.25, -0.2) is 0 Å². The van der Waals surface area contributed by atoms with Crippen LogP contribution in [0.2, 0.25) is 0 Å². The van der Waals surface area contributed by atoms with Crippen molar-refractivity contribution < 1.29 is 19.4 Å². The van der Waals surface area contributed by atoms with Crippen molar-refractivity contribution >= 4 is 11.8 Å². The second-order valence-electron chi connectivity index (χ2n) is 10.3. The molecule has 3 saturated carbocycles. The van der Waals surface area contributed by atoms with Gasteiger partial charge in [0.15, 0.2) is 0 Å². The van der Waals surface area contributed by atoms with E-state index in [1.807, 2.05) is 0 Å². The van der Waals surface area contributed by atoms with Gasteiger partial charge in [-0.2, -0.15) is 0 Å². The molecule has 7 atom stereocenters. The molecule has 3 fully saturated rings. The number of ether oxygens (including phenoxy) is 1. The van der Waals surface area contributed by atoms with Crippen LogP contribution < -0.4 is 0 Å². The first kappa shape index (κ1) is 20.1. The molecule has 0 aromatic rings. The number of allylic oxidation sites excluding steroid dienone is 1. The molecule has 4 nitrogen and oxygen atoms in total. The van der Waals surface area contributed by atoms with Crippen LogP contribution in [0.5, 0.6) is 0 Å². The van der Waals surface area contributed by atoms with Gasteiger partial charge in [0, 0.05) is 5.92 Å². The summed E-state index contributed by atoms with van der Waals surface area (Å²) in [4.78, 5) is 24.8. The number of aliphatic hydroxyl groups is 1. The molecule has 0 amide bonds. The van der Waals surface area contributed by atoms with Gasteiger partial charge < -0.3 is 9.84 Å². The number of fused-ring (bicyclic) bond motifs is 5. The van der Waals surface area contributed by atoms with Crippen LogP contribution in [0.1, 0.15) is 78.6 Å². The first-order chi connectivity index (χ1) is 13.3. The summed E-state index contributed by atoms with van der Waals surface area (Å²) in [6.45, 7) is 6.87. The van der Waals surface area contributed by atoms with Crippen molar-refractivity contribution in [3.05, 3.63) is 11.6 Å². The van der Waals surface area contributed by atoms with E-state index in [9.17, 15) is 14.7 Å². The van der Waals surface area contributed by atoms with Crippen molar-refractivity contribution in [1.82, 2.24) is 0 Å². The Balaban J connectivity index is 1.54. The number of carbonyl (C=O) groups is 2. The average Bonchev–Trinajstić information content (AvgIpc) is 3.00. The summed E-state index contributed by atoms with van der Waals surface area (Å²) >= 11 is 0. The number of carbonyl (C=O) groups excluding carboxylic acids is 2. The summed E-state index contributed by atoms with van der Waals surface area (Å²) in [7, 11) is 0. The number of esters is 1. The van der Waals surface area contributed by atoms with Crippen molar-refractivity contribution in [2.75, 3.05) is 6.61 Å². The number of hydrogen-bond acceptors (Lipinski definition) is 4. The Morgan fingerprint density at radius 3 is 2.68 bits per heavy atom. The number of rotatable bonds is 4. The molecule has 0 bridgehead atoms. The number of hydrogen-bond donors (Lipinski definition) is 1. The topological polar surface area (TPSA) is 63.6 Å². The highest BCUT2D eigenvalue weighted by molar-refractivity contribution is 5.97. The van der Waals surface area contributed by atoms with Gasteiger partial charge in [-0.15, -0.1) is 0 Å². The Morgan fingerprint density at radius 1 is 1.14 bits per heavy atom. The number of ketones is 1. The summed E-state index contributed by atoms with van der Waals surface area (Å²) in [6.07, 6.45) is 10.5. The van der Waals surface area contributed by atoms with Gasteiger partial charge in [-0.05, 0) is 86.9 Å². The highest BCUT2D eigenvalue weighted by Crippen LogP contribution is 2.66. The van der Waals surface area contributed by atoms with Crippen LogP contribution >= 0.6 is 0 Å². The predicted molar refractivity (Wildman–Crippen MR) is 107 cm³/mol. The van der Waals surface area contributed by atoms with E-state index < -0.39 is 0 Å². The van der Waals surface area contributed by atoms with E-state index in [4.69, 9.17) is 4.74 Å². The number of aliphatic hydroxyl groups excluding tert-OH is 1. The van der Waals surface area contributed by atoms with Gasteiger partial charge in [-0.1, -0.05) is 25.5 Å². The molecule has 156 valence electrons. The Labute approximate surface area is 169 Å². The molecule has 4 aliphatic carbocycles. The number of Topliss-reactive ketones (excluding diaryl/α,β-unsaturated/α-hetero) is 1. The molecule has 4 aliphatic rings. The SMILES string of the molecule is CCOC(=O)CC(=O)[C@H]1CC[C@H]2[C@@H]3CC=C4C[C@H](O)CC[C@]4(C)[C@H]3CC[C@]12C. The molecular weight excluding hydrogens is 352 g/mol. The van der Waals surface area contributed by atoms with Crippen LogP contribution in [0.25, 0.3) is 0 Å². The highest BCUT2D eigenvalue weighted by atomic mass is 16.5. The Hall–Kier alpha value is -1.16. The Morgan fingerprint density at radius 2 is 1.93 bits per heavy atom. The van der Waals surface area contributed by atoms with E-state index in [0.29, 0.717) is 24.4 Å². The average molecular weight is 389 g/mol. The minimum Gasteiger partial charge on any atom is -0.466 e. The van der Waals surface area contributed by atoms with E-state index in [1.54, 1.807) is 6.92 Å². The maximum Gasteiger partial charge on any atom is 0.313 e. The first-order valence-electron chi connectivity index (χ1n) is 11.4. The second kappa shape index (κ2) is 7.27. The highest BCUT2D eigenvalue weighted by Gasteiger charge is 2.59. The monoisotopic (exact) mass is 388 g/mol. The van der Waals surface area contributed by atoms with E-state index >= 15 is 0 Å². The Bertz CT molecular complexity index is 682. The van der Waals surface area contributed by atoms with Gasteiger partial charge in [0.1, 0.15) is 12.2 Å². The molecule has 0 aliphatic heterocycles. The van der Waals surface area contributed by atoms with E-state index in [0.717, 1.165) is 44.9 Å². The van der Waals surface area contributed by atoms with Crippen LogP contribution in [0.4, 0.5) is 0 Å². The lowest BCUT2D eigenvalue weighted by molar-refractivity contribution is -0.147. The van der Waals surface area contributed by atoms with Crippen molar-refractivity contribution in [3.63, 3.8) is 0 Å². The zero-order valence-electron chi connectivity index (χ0n) is 17.7. The molecule has 0 aromatic carbocycles. The zero-order valence-corrected chi connectivity index (χ0v) is 17.7. The normalized spacial score (nSPS) is 44.7. The molecule has 0 saturated heterocycles. The first-order valence-corrected chi connectivity index (χ1v) is 11.4. The molecular formula is C24H36O4. The van der Waals surface area contributed by atoms with Gasteiger partial charge in [0.05, 0.1) is 12.7 Å². The third-order valence-corrected chi connectivity index (χ3v) is 9.09. The lowest BCUT2D eigenvalue weighted by Gasteiger charge is -2.57. The molecule has 1 N–H and O–H groups in total. The van der Waals surface area contributed by atoms with Crippen molar-refractivity contribution in [1.29, 1.82) is 0 Å². The van der Waals surface area contributed by atoms with Crippen molar-refractivity contribution in [2.24, 2.45) is 34.5 Å². The van der Waals surface area contributed by atoms with Crippen LogP contribution in [0.3, 0.4) is 0 Å². The smallest absolute Gasteiger partial charge is 0.313 e. The summed E-state index contributed by atoms with van der Waals surface area (Å²) in [6, 6.07) is 0. The van der Waals surface area contributed by atoms with Crippen LogP contribution in [-0.4, -0.2) is 29.6 Å². The minimum atomic E-state index is -0.369. The van der Waals surface area contributed by atoms with Crippen LogP contribution in [0.15, 0.2) is 11.6 Å². The quantitative estimate of drug-likeness (QED) is 0.439. The standard InChI is InChI=1S/C24H36O4/c1-4-28-22(27)14-21(26)20-8-7-18-17-6-5-15-13-16(25)9-11-23(15,2)19(17)10-12-24(18,20)3/h5,16-20,25H,4,6-14H2,1-3H3/t16-,17+,18+,19+,20-,23+,24+/m1/s1. The third kappa shape index (κ3) is 3.07. The van der Waals surface area contributed by atoms with Crippen molar-refractivity contribution in [3.8, 4) is 0 Å². The fraction of sp³-hybridized carbons (Fsp3) is 0.833. The lowest BCUT2D eigenvalue weighted by Crippen LogP contribution is -2.51. The zero-order chi connectivity index (χ0) is 20.1. The molecule has 0 spiro atoms. The Kier molecular flexibility index (Phi) is 5.22. The minimum absolute atomic E-state index is 0.00853.